The van der Waals surface area contributed by atoms with Gasteiger partial charge in [0.1, 0.15) is 31.0 Å². The number of allylic oxidation sites excluding steroid dienone is 2. The van der Waals surface area contributed by atoms with Gasteiger partial charge in [-0.1, -0.05) is 148 Å². The smallest absolute Gasteiger partial charge is 0.306 e. The second-order valence-electron chi connectivity index (χ2n) is 14.8. The Morgan fingerprint density at radius 1 is 0.577 bits per heavy atom. The molecule has 1 saturated heterocycles. The monoisotopic (exact) mass is 743 g/mol. The Morgan fingerprint density at radius 2 is 1.02 bits per heavy atom. The van der Waals surface area contributed by atoms with Crippen LogP contribution in [-0.4, -0.2) is 89.0 Å². The molecule has 0 radical (unpaired) electrons. The first-order valence-electron chi connectivity index (χ1n) is 21.3. The van der Waals surface area contributed by atoms with E-state index in [-0.39, 0.29) is 32.0 Å². The van der Waals surface area contributed by atoms with Crippen molar-refractivity contribution in [3.05, 3.63) is 12.2 Å². The third-order valence-corrected chi connectivity index (χ3v) is 9.90. The van der Waals surface area contributed by atoms with Crippen molar-refractivity contribution in [3.8, 4) is 0 Å². The molecular weight excluding hydrogens is 664 g/mol. The lowest BCUT2D eigenvalue weighted by Crippen LogP contribution is -2.59. The zero-order valence-corrected chi connectivity index (χ0v) is 33.1. The third-order valence-electron chi connectivity index (χ3n) is 9.90. The molecule has 0 aliphatic carbocycles. The molecule has 1 aliphatic rings. The maximum Gasteiger partial charge on any atom is 0.306 e. The zero-order valence-electron chi connectivity index (χ0n) is 33.1. The predicted octanol–water partition coefficient (Wildman–Crippen LogP) is 8.39. The molecule has 306 valence electrons. The number of hydrogen-bond acceptors (Lipinski definition) is 10. The van der Waals surface area contributed by atoms with Crippen LogP contribution in [0.4, 0.5) is 0 Å². The van der Waals surface area contributed by atoms with Gasteiger partial charge < -0.3 is 39.4 Å². The van der Waals surface area contributed by atoms with Crippen LogP contribution in [-0.2, 0) is 28.5 Å². The quantitative estimate of drug-likeness (QED) is 0.0283. The van der Waals surface area contributed by atoms with Gasteiger partial charge in [-0.15, -0.1) is 0 Å². The van der Waals surface area contributed by atoms with E-state index < -0.39 is 49.4 Å². The van der Waals surface area contributed by atoms with Gasteiger partial charge in [-0.3, -0.25) is 9.59 Å². The summed E-state index contributed by atoms with van der Waals surface area (Å²) in [6, 6.07) is 0. The Bertz CT molecular complexity index is 866. The van der Waals surface area contributed by atoms with E-state index in [1.54, 1.807) is 0 Å². The number of ether oxygens (including phenoxy) is 4. The van der Waals surface area contributed by atoms with E-state index in [1.807, 2.05) is 0 Å². The molecule has 6 atom stereocenters. The summed E-state index contributed by atoms with van der Waals surface area (Å²) in [5, 5.41) is 40.0. The van der Waals surface area contributed by atoms with E-state index in [2.05, 4.69) is 26.0 Å². The summed E-state index contributed by atoms with van der Waals surface area (Å²) < 4.78 is 22.1. The van der Waals surface area contributed by atoms with E-state index in [9.17, 15) is 30.0 Å². The Labute approximate surface area is 316 Å². The van der Waals surface area contributed by atoms with Crippen molar-refractivity contribution in [2.24, 2.45) is 0 Å². The summed E-state index contributed by atoms with van der Waals surface area (Å²) in [5.41, 5.74) is 0. The minimum absolute atomic E-state index is 0.220. The molecule has 0 amide bonds. The highest BCUT2D eigenvalue weighted by Crippen LogP contribution is 2.22. The van der Waals surface area contributed by atoms with Gasteiger partial charge in [0.25, 0.3) is 0 Å². The van der Waals surface area contributed by atoms with E-state index in [4.69, 9.17) is 18.9 Å². The SMILES string of the molecule is CCCCCCCC/C=C/CCCCCC(=O)OC[C@H](CO[C@@H]1O[C@H](CO)[C@H](O)C(O)C1O)OC(=O)CCCCCCCCCCCCCCCC. The van der Waals surface area contributed by atoms with Gasteiger partial charge in [0.05, 0.1) is 13.2 Å². The van der Waals surface area contributed by atoms with E-state index in [0.717, 1.165) is 44.9 Å². The standard InChI is InChI=1S/C42H78O10/c1-3-5-7-9-11-13-15-17-19-21-23-25-27-29-31-38(45)51-35(34-50-42-41(48)40(47)39(46)36(32-43)52-42)33-49-37(44)30-28-26-24-22-20-18-16-14-12-10-8-6-4-2/h18,20,35-36,39-43,46-48H,3-17,19,21-34H2,1-2H3/b20-18+/t35-,36-,39+,40?,41?,42-/m1/s1. The van der Waals surface area contributed by atoms with Gasteiger partial charge in [-0.05, 0) is 38.5 Å². The molecule has 4 N–H and O–H groups in total. The first-order valence-corrected chi connectivity index (χ1v) is 21.3. The Balaban J connectivity index is 2.36. The second kappa shape index (κ2) is 34.0. The highest BCUT2D eigenvalue weighted by atomic mass is 16.7. The van der Waals surface area contributed by atoms with Crippen molar-refractivity contribution in [1.82, 2.24) is 0 Å². The topological polar surface area (TPSA) is 152 Å². The van der Waals surface area contributed by atoms with E-state index >= 15 is 0 Å². The number of carbonyl (C=O) groups is 2. The summed E-state index contributed by atoms with van der Waals surface area (Å²) in [4.78, 5) is 25.2. The zero-order chi connectivity index (χ0) is 38.1. The molecule has 10 nitrogen and oxygen atoms in total. The van der Waals surface area contributed by atoms with Crippen LogP contribution in [0.2, 0.25) is 0 Å². The van der Waals surface area contributed by atoms with Crippen LogP contribution in [0.3, 0.4) is 0 Å². The molecule has 0 saturated carbocycles. The van der Waals surface area contributed by atoms with Crippen molar-refractivity contribution < 1.29 is 49.0 Å². The van der Waals surface area contributed by atoms with Gasteiger partial charge in [0, 0.05) is 12.8 Å². The number of esters is 2. The number of aliphatic hydroxyl groups is 4. The lowest BCUT2D eigenvalue weighted by Gasteiger charge is -2.39. The van der Waals surface area contributed by atoms with Crippen molar-refractivity contribution in [2.75, 3.05) is 19.8 Å². The maximum atomic E-state index is 12.7. The van der Waals surface area contributed by atoms with E-state index in [1.165, 1.54) is 103 Å². The van der Waals surface area contributed by atoms with Crippen molar-refractivity contribution >= 4 is 11.9 Å². The largest absolute Gasteiger partial charge is 0.462 e. The minimum atomic E-state index is -1.59. The summed E-state index contributed by atoms with van der Waals surface area (Å²) in [6.45, 7) is 3.40. The average molecular weight is 743 g/mol. The van der Waals surface area contributed by atoms with Crippen molar-refractivity contribution in [3.63, 3.8) is 0 Å². The van der Waals surface area contributed by atoms with Gasteiger partial charge in [-0.2, -0.15) is 0 Å². The number of carbonyl (C=O) groups excluding carboxylic acids is 2. The van der Waals surface area contributed by atoms with Crippen molar-refractivity contribution in [2.45, 2.75) is 224 Å². The molecular formula is C42H78O10. The van der Waals surface area contributed by atoms with Crippen LogP contribution >= 0.6 is 0 Å². The second-order valence-corrected chi connectivity index (χ2v) is 14.8. The van der Waals surface area contributed by atoms with Crippen molar-refractivity contribution in [1.29, 1.82) is 0 Å². The summed E-state index contributed by atoms with van der Waals surface area (Å²) >= 11 is 0. The van der Waals surface area contributed by atoms with Gasteiger partial charge in [0.2, 0.25) is 0 Å². The number of rotatable bonds is 35. The summed E-state index contributed by atoms with van der Waals surface area (Å²) in [5.74, 6) is -0.818. The molecule has 52 heavy (non-hydrogen) atoms. The fourth-order valence-corrected chi connectivity index (χ4v) is 6.48. The minimum Gasteiger partial charge on any atom is -0.462 e. The molecule has 0 spiro atoms. The highest BCUT2D eigenvalue weighted by Gasteiger charge is 2.44. The Morgan fingerprint density at radius 3 is 1.52 bits per heavy atom. The van der Waals surface area contributed by atoms with E-state index in [0.29, 0.717) is 12.8 Å². The average Bonchev–Trinajstić information content (AvgIpc) is 3.14. The lowest BCUT2D eigenvalue weighted by atomic mass is 9.99. The molecule has 2 unspecified atom stereocenters. The molecule has 1 fully saturated rings. The van der Waals surface area contributed by atoms with Crippen LogP contribution in [0.25, 0.3) is 0 Å². The normalized spacial score (nSPS) is 21.1. The summed E-state index contributed by atoms with van der Waals surface area (Å²) in [6.07, 6.45) is 26.5. The molecule has 0 aromatic carbocycles. The Kier molecular flexibility index (Phi) is 31.7. The maximum absolute atomic E-state index is 12.7. The highest BCUT2D eigenvalue weighted by molar-refractivity contribution is 5.70. The fraction of sp³-hybridized carbons (Fsp3) is 0.905. The first-order chi connectivity index (χ1) is 25.3. The molecule has 10 heteroatoms. The molecule has 0 bridgehead atoms. The van der Waals surface area contributed by atoms with Gasteiger partial charge in [-0.25, -0.2) is 0 Å². The van der Waals surface area contributed by atoms with Crippen LogP contribution < -0.4 is 0 Å². The molecule has 1 aliphatic heterocycles. The number of unbranched alkanes of at least 4 members (excludes halogenated alkanes) is 22. The molecule has 1 rings (SSSR count). The third kappa shape index (κ3) is 25.5. The first kappa shape index (κ1) is 48.5. The van der Waals surface area contributed by atoms with Crippen LogP contribution in [0.15, 0.2) is 12.2 Å². The Hall–Kier alpha value is -1.56. The van der Waals surface area contributed by atoms with Gasteiger partial charge >= 0.3 is 11.9 Å². The molecule has 0 aromatic heterocycles. The molecule has 1 heterocycles. The van der Waals surface area contributed by atoms with Gasteiger partial charge in [0.15, 0.2) is 12.4 Å². The lowest BCUT2D eigenvalue weighted by molar-refractivity contribution is -0.305. The number of aliphatic hydroxyl groups excluding tert-OH is 4. The van der Waals surface area contributed by atoms with Crippen LogP contribution in [0.5, 0.6) is 0 Å². The predicted molar refractivity (Wildman–Crippen MR) is 206 cm³/mol. The fourth-order valence-electron chi connectivity index (χ4n) is 6.48. The van der Waals surface area contributed by atoms with Crippen LogP contribution in [0, 0.1) is 0 Å². The summed E-state index contributed by atoms with van der Waals surface area (Å²) in [7, 11) is 0. The number of hydrogen-bond donors (Lipinski definition) is 4. The molecule has 0 aromatic rings. The van der Waals surface area contributed by atoms with Crippen LogP contribution in [0.1, 0.15) is 187 Å².